The van der Waals surface area contributed by atoms with Crippen LogP contribution < -0.4 is 10.2 Å². The number of aryl methyl sites for hydroxylation is 1. The van der Waals surface area contributed by atoms with Crippen LogP contribution in [0.1, 0.15) is 18.5 Å². The zero-order chi connectivity index (χ0) is 11.9. The second-order valence-corrected chi connectivity index (χ2v) is 5.71. The van der Waals surface area contributed by atoms with E-state index in [4.69, 9.17) is 11.6 Å². The van der Waals surface area contributed by atoms with Crippen LogP contribution in [0.3, 0.4) is 0 Å². The van der Waals surface area contributed by atoms with Gasteiger partial charge in [0.2, 0.25) is 0 Å². The molecule has 2 saturated heterocycles. The lowest BCUT2D eigenvalue weighted by atomic mass is 9.86. The van der Waals surface area contributed by atoms with Crippen LogP contribution in [-0.4, -0.2) is 31.2 Å². The van der Waals surface area contributed by atoms with Gasteiger partial charge in [0.1, 0.15) is 0 Å². The zero-order valence-electron chi connectivity index (χ0n) is 10.2. The van der Waals surface area contributed by atoms with Gasteiger partial charge in [-0.1, -0.05) is 11.6 Å². The first kappa shape index (κ1) is 11.3. The summed E-state index contributed by atoms with van der Waals surface area (Å²) < 4.78 is 0. The van der Waals surface area contributed by atoms with E-state index in [2.05, 4.69) is 15.2 Å². The quantitative estimate of drug-likeness (QED) is 0.830. The molecule has 1 spiro atoms. The standard InChI is InChI=1S/C13H18ClN3/c1-10-12(14)11(2-5-16-10)17-7-4-13(9-17)3-6-15-8-13/h2,5,15H,3-4,6-9H2,1H3. The Morgan fingerprint density at radius 2 is 2.35 bits per heavy atom. The predicted octanol–water partition coefficient (Wildman–Crippen LogP) is 2.23. The van der Waals surface area contributed by atoms with E-state index in [1.165, 1.54) is 12.8 Å². The highest BCUT2D eigenvalue weighted by Gasteiger charge is 2.40. The number of hydrogen-bond acceptors (Lipinski definition) is 3. The van der Waals surface area contributed by atoms with Gasteiger partial charge in [-0.15, -0.1) is 0 Å². The Balaban J connectivity index is 1.84. The minimum absolute atomic E-state index is 0.487. The summed E-state index contributed by atoms with van der Waals surface area (Å²) in [6, 6.07) is 2.04. The number of nitrogens with zero attached hydrogens (tertiary/aromatic N) is 2. The van der Waals surface area contributed by atoms with E-state index in [0.717, 1.165) is 42.6 Å². The summed E-state index contributed by atoms with van der Waals surface area (Å²) in [6.45, 7) is 6.53. The van der Waals surface area contributed by atoms with Crippen molar-refractivity contribution in [2.75, 3.05) is 31.1 Å². The first-order valence-corrected chi connectivity index (χ1v) is 6.65. The normalized spacial score (nSPS) is 28.2. The number of pyridine rings is 1. The maximum Gasteiger partial charge on any atom is 0.0851 e. The molecule has 1 aromatic heterocycles. The van der Waals surface area contributed by atoms with E-state index in [9.17, 15) is 0 Å². The molecule has 1 unspecified atom stereocenters. The topological polar surface area (TPSA) is 28.2 Å². The van der Waals surface area contributed by atoms with Crippen LogP contribution in [0.4, 0.5) is 5.69 Å². The molecular weight excluding hydrogens is 234 g/mol. The SMILES string of the molecule is Cc1nccc(N2CCC3(CCNC3)C2)c1Cl. The Bertz CT molecular complexity index is 427. The van der Waals surface area contributed by atoms with E-state index in [0.29, 0.717) is 5.41 Å². The molecule has 3 heterocycles. The van der Waals surface area contributed by atoms with Gasteiger partial charge in [-0.25, -0.2) is 0 Å². The largest absolute Gasteiger partial charge is 0.370 e. The van der Waals surface area contributed by atoms with Crippen molar-refractivity contribution in [2.24, 2.45) is 5.41 Å². The van der Waals surface area contributed by atoms with E-state index >= 15 is 0 Å². The lowest BCUT2D eigenvalue weighted by molar-refractivity contribution is 0.369. The smallest absolute Gasteiger partial charge is 0.0851 e. The Labute approximate surface area is 107 Å². The molecule has 1 atom stereocenters. The van der Waals surface area contributed by atoms with Crippen molar-refractivity contribution in [3.05, 3.63) is 23.0 Å². The highest BCUT2D eigenvalue weighted by molar-refractivity contribution is 6.33. The van der Waals surface area contributed by atoms with Crippen molar-refractivity contribution >= 4 is 17.3 Å². The van der Waals surface area contributed by atoms with Gasteiger partial charge in [0.15, 0.2) is 0 Å². The fourth-order valence-corrected chi connectivity index (χ4v) is 3.29. The van der Waals surface area contributed by atoms with Crippen LogP contribution in [0.25, 0.3) is 0 Å². The van der Waals surface area contributed by atoms with Crippen molar-refractivity contribution in [2.45, 2.75) is 19.8 Å². The molecule has 92 valence electrons. The molecule has 1 N–H and O–H groups in total. The van der Waals surface area contributed by atoms with E-state index in [1.807, 2.05) is 19.2 Å². The third kappa shape index (κ3) is 1.91. The molecule has 0 radical (unpaired) electrons. The van der Waals surface area contributed by atoms with Gasteiger partial charge in [-0.3, -0.25) is 4.98 Å². The molecule has 0 saturated carbocycles. The lowest BCUT2D eigenvalue weighted by Crippen LogP contribution is -2.29. The molecule has 3 rings (SSSR count). The van der Waals surface area contributed by atoms with Crippen LogP contribution in [-0.2, 0) is 0 Å². The van der Waals surface area contributed by atoms with Gasteiger partial charge in [-0.05, 0) is 32.4 Å². The van der Waals surface area contributed by atoms with Crippen molar-refractivity contribution in [3.8, 4) is 0 Å². The van der Waals surface area contributed by atoms with E-state index < -0.39 is 0 Å². The second-order valence-electron chi connectivity index (χ2n) is 5.33. The van der Waals surface area contributed by atoms with Crippen molar-refractivity contribution in [3.63, 3.8) is 0 Å². The Hall–Kier alpha value is -0.800. The Morgan fingerprint density at radius 1 is 1.47 bits per heavy atom. The van der Waals surface area contributed by atoms with E-state index in [1.54, 1.807) is 0 Å². The summed E-state index contributed by atoms with van der Waals surface area (Å²) >= 11 is 6.35. The van der Waals surface area contributed by atoms with Gasteiger partial charge in [-0.2, -0.15) is 0 Å². The highest BCUT2D eigenvalue weighted by Crippen LogP contribution is 2.40. The summed E-state index contributed by atoms with van der Waals surface area (Å²) in [5.41, 5.74) is 2.57. The first-order valence-electron chi connectivity index (χ1n) is 6.27. The van der Waals surface area contributed by atoms with Gasteiger partial charge < -0.3 is 10.2 Å². The summed E-state index contributed by atoms with van der Waals surface area (Å²) in [7, 11) is 0. The van der Waals surface area contributed by atoms with Crippen LogP contribution >= 0.6 is 11.6 Å². The van der Waals surface area contributed by atoms with Crippen molar-refractivity contribution in [1.29, 1.82) is 0 Å². The second kappa shape index (κ2) is 4.14. The fourth-order valence-electron chi connectivity index (χ4n) is 3.06. The van der Waals surface area contributed by atoms with Crippen LogP contribution in [0.15, 0.2) is 12.3 Å². The summed E-state index contributed by atoms with van der Waals surface area (Å²) in [5, 5.41) is 4.30. The molecular formula is C13H18ClN3. The maximum absolute atomic E-state index is 6.35. The summed E-state index contributed by atoms with van der Waals surface area (Å²) in [6.07, 6.45) is 4.43. The van der Waals surface area contributed by atoms with Crippen molar-refractivity contribution in [1.82, 2.24) is 10.3 Å². The van der Waals surface area contributed by atoms with E-state index in [-0.39, 0.29) is 0 Å². The number of hydrogen-bond donors (Lipinski definition) is 1. The molecule has 3 nitrogen and oxygen atoms in total. The zero-order valence-corrected chi connectivity index (χ0v) is 10.9. The Kier molecular flexibility index (Phi) is 2.75. The molecule has 2 aliphatic rings. The Morgan fingerprint density at radius 3 is 3.12 bits per heavy atom. The molecule has 17 heavy (non-hydrogen) atoms. The molecule has 0 aromatic carbocycles. The minimum Gasteiger partial charge on any atom is -0.370 e. The van der Waals surface area contributed by atoms with Crippen LogP contribution in [0.2, 0.25) is 5.02 Å². The molecule has 4 heteroatoms. The van der Waals surface area contributed by atoms with Crippen molar-refractivity contribution < 1.29 is 0 Å². The monoisotopic (exact) mass is 251 g/mol. The van der Waals surface area contributed by atoms with Gasteiger partial charge in [0.05, 0.1) is 16.4 Å². The fraction of sp³-hybridized carbons (Fsp3) is 0.615. The maximum atomic E-state index is 6.35. The molecule has 2 aliphatic heterocycles. The number of nitrogens with one attached hydrogen (secondary N) is 1. The average molecular weight is 252 g/mol. The number of aromatic nitrogens is 1. The van der Waals surface area contributed by atoms with Gasteiger partial charge >= 0.3 is 0 Å². The third-order valence-corrected chi connectivity index (χ3v) is 4.62. The summed E-state index contributed by atoms with van der Waals surface area (Å²) in [5.74, 6) is 0. The molecule has 1 aromatic rings. The predicted molar refractivity (Wildman–Crippen MR) is 70.7 cm³/mol. The first-order chi connectivity index (χ1) is 8.20. The lowest BCUT2D eigenvalue weighted by Gasteiger charge is -2.24. The number of anilines is 1. The molecule has 0 amide bonds. The molecule has 0 bridgehead atoms. The highest BCUT2D eigenvalue weighted by atomic mass is 35.5. The molecule has 2 fully saturated rings. The third-order valence-electron chi connectivity index (χ3n) is 4.15. The number of halogens is 1. The van der Waals surface area contributed by atoms with Gasteiger partial charge in [0.25, 0.3) is 0 Å². The number of rotatable bonds is 1. The van der Waals surface area contributed by atoms with Gasteiger partial charge in [0, 0.05) is 31.2 Å². The van der Waals surface area contributed by atoms with Crippen LogP contribution in [0, 0.1) is 12.3 Å². The average Bonchev–Trinajstić information content (AvgIpc) is 2.94. The minimum atomic E-state index is 0.487. The van der Waals surface area contributed by atoms with Crippen LogP contribution in [0.5, 0.6) is 0 Å². The summed E-state index contributed by atoms with van der Waals surface area (Å²) in [4.78, 5) is 6.65. The molecule has 0 aliphatic carbocycles.